The second-order valence-electron chi connectivity index (χ2n) is 3.49. The van der Waals surface area contributed by atoms with Crippen molar-refractivity contribution in [1.82, 2.24) is 0 Å². The van der Waals surface area contributed by atoms with Gasteiger partial charge < -0.3 is 25.4 Å². The van der Waals surface area contributed by atoms with Gasteiger partial charge in [0.05, 0.1) is 19.6 Å². The van der Waals surface area contributed by atoms with Gasteiger partial charge in [-0.2, -0.15) is 0 Å². The summed E-state index contributed by atoms with van der Waals surface area (Å²) >= 11 is 0. The van der Waals surface area contributed by atoms with Gasteiger partial charge in [0.15, 0.2) is 0 Å². The van der Waals surface area contributed by atoms with Crippen LogP contribution in [0.15, 0.2) is 0 Å². The van der Waals surface area contributed by atoms with Gasteiger partial charge in [0.1, 0.15) is 18.0 Å². The number of hydrogen-bond donors (Lipinski definition) is 3. The molecule has 92 valence electrons. The molecule has 0 bridgehead atoms. The number of Topliss-reactive ketones (excluding diaryl/α,β-unsaturated/α-hetero) is 1. The highest BCUT2D eigenvalue weighted by atomic mass is 16.7. The van der Waals surface area contributed by atoms with Gasteiger partial charge in [-0.05, 0) is 0 Å². The van der Waals surface area contributed by atoms with E-state index >= 15 is 0 Å². The molecule has 1 saturated heterocycles. The van der Waals surface area contributed by atoms with Gasteiger partial charge in [0.2, 0.25) is 6.29 Å². The standard InChI is InChI=1S/C9H15NO6/c10-3-5(11)1-2-7(13)16-9-8(14)6(12)4-15-9/h6,8-9,12,14H,1-4,10H2/t6-,8-,9?/m1/s1. The third-order valence-electron chi connectivity index (χ3n) is 2.19. The van der Waals surface area contributed by atoms with Crippen LogP contribution in [0.4, 0.5) is 0 Å². The Balaban J connectivity index is 2.27. The maximum absolute atomic E-state index is 11.2. The number of ether oxygens (including phenoxy) is 2. The predicted octanol–water partition coefficient (Wildman–Crippen LogP) is -2.08. The predicted molar refractivity (Wildman–Crippen MR) is 51.1 cm³/mol. The Morgan fingerprint density at radius 2 is 2.06 bits per heavy atom. The van der Waals surface area contributed by atoms with Crippen LogP contribution in [0.5, 0.6) is 0 Å². The fraction of sp³-hybridized carbons (Fsp3) is 0.778. The summed E-state index contributed by atoms with van der Waals surface area (Å²) in [6.07, 6.45) is -3.56. The van der Waals surface area contributed by atoms with Crippen molar-refractivity contribution >= 4 is 11.8 Å². The van der Waals surface area contributed by atoms with Crippen molar-refractivity contribution in [2.45, 2.75) is 31.3 Å². The third-order valence-corrected chi connectivity index (χ3v) is 2.19. The van der Waals surface area contributed by atoms with Crippen LogP contribution in [0.25, 0.3) is 0 Å². The van der Waals surface area contributed by atoms with Crippen molar-refractivity contribution in [2.75, 3.05) is 13.2 Å². The molecule has 0 aromatic rings. The first-order chi connectivity index (χ1) is 7.54. The van der Waals surface area contributed by atoms with Gasteiger partial charge in [0.25, 0.3) is 0 Å². The third kappa shape index (κ3) is 3.53. The minimum atomic E-state index is -1.24. The SMILES string of the molecule is NCC(=O)CCC(=O)OC1OC[C@@H](O)[C@H]1O. The maximum atomic E-state index is 11.2. The Labute approximate surface area is 92.1 Å². The molecular weight excluding hydrogens is 218 g/mol. The molecule has 0 aromatic carbocycles. The molecule has 1 heterocycles. The molecule has 3 atom stereocenters. The molecule has 1 rings (SSSR count). The van der Waals surface area contributed by atoms with Gasteiger partial charge in [0, 0.05) is 6.42 Å². The molecule has 1 unspecified atom stereocenters. The first-order valence-electron chi connectivity index (χ1n) is 4.93. The van der Waals surface area contributed by atoms with Gasteiger partial charge in [-0.1, -0.05) is 0 Å². The summed E-state index contributed by atoms with van der Waals surface area (Å²) < 4.78 is 9.55. The Bertz CT molecular complexity index is 269. The molecule has 7 nitrogen and oxygen atoms in total. The van der Waals surface area contributed by atoms with Crippen molar-refractivity contribution in [3.63, 3.8) is 0 Å². The number of nitrogens with two attached hydrogens (primary N) is 1. The number of esters is 1. The normalized spacial score (nSPS) is 29.1. The van der Waals surface area contributed by atoms with Crippen molar-refractivity contribution < 1.29 is 29.3 Å². The second-order valence-corrected chi connectivity index (χ2v) is 3.49. The largest absolute Gasteiger partial charge is 0.433 e. The van der Waals surface area contributed by atoms with E-state index in [1.807, 2.05) is 0 Å². The van der Waals surface area contributed by atoms with Gasteiger partial charge in [-0.25, -0.2) is 0 Å². The van der Waals surface area contributed by atoms with Crippen molar-refractivity contribution in [1.29, 1.82) is 0 Å². The molecule has 1 aliphatic heterocycles. The number of ketones is 1. The molecule has 1 fully saturated rings. The second kappa shape index (κ2) is 5.90. The van der Waals surface area contributed by atoms with E-state index in [0.717, 1.165) is 0 Å². The van der Waals surface area contributed by atoms with E-state index in [0.29, 0.717) is 0 Å². The van der Waals surface area contributed by atoms with Gasteiger partial charge in [-0.3, -0.25) is 9.59 Å². The molecule has 0 spiro atoms. The lowest BCUT2D eigenvalue weighted by Gasteiger charge is -2.15. The highest BCUT2D eigenvalue weighted by molar-refractivity contribution is 5.84. The molecule has 0 amide bonds. The number of carbonyl (C=O) groups is 2. The van der Waals surface area contributed by atoms with E-state index < -0.39 is 24.5 Å². The number of rotatable bonds is 5. The van der Waals surface area contributed by atoms with E-state index in [4.69, 9.17) is 20.3 Å². The molecule has 0 saturated carbocycles. The van der Waals surface area contributed by atoms with E-state index in [9.17, 15) is 14.7 Å². The molecule has 0 aliphatic carbocycles. The maximum Gasteiger partial charge on any atom is 0.308 e. The van der Waals surface area contributed by atoms with Crippen LogP contribution in [-0.2, 0) is 19.1 Å². The minimum absolute atomic E-state index is 0.000697. The summed E-state index contributed by atoms with van der Waals surface area (Å²) in [5.74, 6) is -0.912. The first-order valence-corrected chi connectivity index (χ1v) is 4.93. The van der Waals surface area contributed by atoms with Gasteiger partial charge >= 0.3 is 5.97 Å². The van der Waals surface area contributed by atoms with Crippen LogP contribution in [-0.4, -0.2) is 53.6 Å². The van der Waals surface area contributed by atoms with E-state index in [2.05, 4.69) is 0 Å². The van der Waals surface area contributed by atoms with Crippen LogP contribution in [0.3, 0.4) is 0 Å². The average Bonchev–Trinajstić information content (AvgIpc) is 2.57. The summed E-state index contributed by atoms with van der Waals surface area (Å²) in [6.45, 7) is -0.199. The van der Waals surface area contributed by atoms with Crippen molar-refractivity contribution in [3.05, 3.63) is 0 Å². The Morgan fingerprint density at radius 1 is 1.38 bits per heavy atom. The van der Waals surface area contributed by atoms with Crippen molar-refractivity contribution in [2.24, 2.45) is 5.73 Å². The molecule has 0 radical (unpaired) electrons. The minimum Gasteiger partial charge on any atom is -0.433 e. The molecule has 1 aliphatic rings. The molecule has 16 heavy (non-hydrogen) atoms. The Kier molecular flexibility index (Phi) is 4.81. The van der Waals surface area contributed by atoms with E-state index in [1.54, 1.807) is 0 Å². The van der Waals surface area contributed by atoms with Crippen LogP contribution in [0, 0.1) is 0 Å². The summed E-state index contributed by atoms with van der Waals surface area (Å²) in [6, 6.07) is 0. The smallest absolute Gasteiger partial charge is 0.308 e. The Hall–Kier alpha value is -1.02. The Morgan fingerprint density at radius 3 is 2.56 bits per heavy atom. The zero-order chi connectivity index (χ0) is 12.1. The highest BCUT2D eigenvalue weighted by Gasteiger charge is 2.37. The quantitative estimate of drug-likeness (QED) is 0.466. The fourth-order valence-electron chi connectivity index (χ4n) is 1.21. The molecule has 0 aromatic heterocycles. The fourth-order valence-corrected chi connectivity index (χ4v) is 1.21. The molecule has 4 N–H and O–H groups in total. The van der Waals surface area contributed by atoms with Crippen LogP contribution >= 0.6 is 0 Å². The highest BCUT2D eigenvalue weighted by Crippen LogP contribution is 2.16. The lowest BCUT2D eigenvalue weighted by molar-refractivity contribution is -0.183. The van der Waals surface area contributed by atoms with Crippen LogP contribution in [0.2, 0.25) is 0 Å². The van der Waals surface area contributed by atoms with Crippen LogP contribution < -0.4 is 5.73 Å². The zero-order valence-corrected chi connectivity index (χ0v) is 8.67. The number of hydrogen-bond acceptors (Lipinski definition) is 7. The summed E-state index contributed by atoms with van der Waals surface area (Å²) in [7, 11) is 0. The van der Waals surface area contributed by atoms with E-state index in [-0.39, 0.29) is 31.8 Å². The van der Waals surface area contributed by atoms with Crippen molar-refractivity contribution in [3.8, 4) is 0 Å². The molecule has 7 heteroatoms. The zero-order valence-electron chi connectivity index (χ0n) is 8.67. The van der Waals surface area contributed by atoms with Crippen LogP contribution in [0.1, 0.15) is 12.8 Å². The lowest BCUT2D eigenvalue weighted by Crippen LogP contribution is -2.33. The number of aliphatic hydroxyl groups excluding tert-OH is 2. The average molecular weight is 233 g/mol. The summed E-state index contributed by atoms with van der Waals surface area (Å²) in [5, 5.41) is 18.4. The summed E-state index contributed by atoms with van der Waals surface area (Å²) in [4.78, 5) is 22.0. The lowest BCUT2D eigenvalue weighted by atomic mass is 10.2. The summed E-state index contributed by atoms with van der Waals surface area (Å²) in [5.41, 5.74) is 5.06. The molecular formula is C9H15NO6. The van der Waals surface area contributed by atoms with Gasteiger partial charge in [-0.15, -0.1) is 0 Å². The number of carbonyl (C=O) groups excluding carboxylic acids is 2. The topological polar surface area (TPSA) is 119 Å². The first kappa shape index (κ1) is 13.0. The monoisotopic (exact) mass is 233 g/mol. The number of aliphatic hydroxyl groups is 2. The van der Waals surface area contributed by atoms with E-state index in [1.165, 1.54) is 0 Å².